The normalized spacial score (nSPS) is 10.5. The molecule has 1 aromatic carbocycles. The standard InChI is InChI=1S/C6H4ClNO5S.K/c7-4-2-1-3-5(8(9)10)6(4)14(11,12)13;/h1-3H,(H,11,12,13);/q;+1/p-1. The van der Waals surface area contributed by atoms with Gasteiger partial charge in [0, 0.05) is 6.07 Å². The smallest absolute Gasteiger partial charge is 0.744 e. The van der Waals surface area contributed by atoms with E-state index in [0.29, 0.717) is 0 Å². The van der Waals surface area contributed by atoms with Crippen LogP contribution in [0.1, 0.15) is 0 Å². The second-order valence-corrected chi connectivity index (χ2v) is 4.02. The predicted molar refractivity (Wildman–Crippen MR) is 46.1 cm³/mol. The maximum absolute atomic E-state index is 10.6. The first-order valence-corrected chi connectivity index (χ1v) is 5.01. The van der Waals surface area contributed by atoms with Gasteiger partial charge in [0.1, 0.15) is 10.1 Å². The van der Waals surface area contributed by atoms with E-state index < -0.39 is 30.6 Å². The maximum Gasteiger partial charge on any atom is 1.00 e. The molecular formula is C6H3ClKNO5S. The first-order valence-electron chi connectivity index (χ1n) is 3.23. The number of halogens is 1. The van der Waals surface area contributed by atoms with E-state index in [1.165, 1.54) is 6.07 Å². The Hall–Kier alpha value is 0.456. The molecule has 0 aliphatic carbocycles. The van der Waals surface area contributed by atoms with Gasteiger partial charge in [0.15, 0.2) is 4.90 Å². The molecule has 0 saturated carbocycles. The van der Waals surface area contributed by atoms with Crippen molar-refractivity contribution in [2.75, 3.05) is 0 Å². The van der Waals surface area contributed by atoms with Crippen LogP contribution in [0, 0.1) is 10.1 Å². The molecule has 0 atom stereocenters. The van der Waals surface area contributed by atoms with E-state index in [2.05, 4.69) is 0 Å². The zero-order valence-corrected chi connectivity index (χ0v) is 12.2. The van der Waals surface area contributed by atoms with Gasteiger partial charge in [-0.3, -0.25) is 10.1 Å². The van der Waals surface area contributed by atoms with Gasteiger partial charge >= 0.3 is 51.4 Å². The molecule has 0 fully saturated rings. The number of rotatable bonds is 2. The minimum absolute atomic E-state index is 0. The summed E-state index contributed by atoms with van der Waals surface area (Å²) in [6.45, 7) is 0. The van der Waals surface area contributed by atoms with Crippen LogP contribution in [0.5, 0.6) is 0 Å². The third kappa shape index (κ3) is 3.75. The zero-order valence-electron chi connectivity index (χ0n) is 7.51. The Morgan fingerprint density at radius 3 is 2.20 bits per heavy atom. The van der Waals surface area contributed by atoms with E-state index in [-0.39, 0.29) is 51.4 Å². The topological polar surface area (TPSA) is 100 Å². The minimum Gasteiger partial charge on any atom is -0.744 e. The molecule has 1 rings (SSSR count). The molecule has 15 heavy (non-hydrogen) atoms. The summed E-state index contributed by atoms with van der Waals surface area (Å²) in [4.78, 5) is 8.39. The molecule has 6 nitrogen and oxygen atoms in total. The SMILES string of the molecule is O=[N+]([O-])c1cccc(Cl)c1S(=O)(=O)[O-].[K+]. The molecule has 76 valence electrons. The van der Waals surface area contributed by atoms with Crippen LogP contribution in [0.3, 0.4) is 0 Å². The number of hydrogen-bond acceptors (Lipinski definition) is 5. The van der Waals surface area contributed by atoms with Gasteiger partial charge in [0.2, 0.25) is 0 Å². The van der Waals surface area contributed by atoms with Crippen molar-refractivity contribution in [3.8, 4) is 0 Å². The van der Waals surface area contributed by atoms with E-state index in [4.69, 9.17) is 11.6 Å². The third-order valence-electron chi connectivity index (χ3n) is 1.39. The molecule has 0 aliphatic rings. The Kier molecular flexibility index (Phi) is 5.86. The molecule has 0 spiro atoms. The van der Waals surface area contributed by atoms with Crippen LogP contribution in [0.4, 0.5) is 5.69 Å². The van der Waals surface area contributed by atoms with E-state index >= 15 is 0 Å². The Morgan fingerprint density at radius 2 is 1.87 bits per heavy atom. The van der Waals surface area contributed by atoms with Gasteiger partial charge in [0.05, 0.1) is 9.95 Å². The fourth-order valence-electron chi connectivity index (χ4n) is 0.889. The Balaban J connectivity index is 0.00000196. The number of benzene rings is 1. The summed E-state index contributed by atoms with van der Waals surface area (Å²) in [5.74, 6) is 0. The van der Waals surface area contributed by atoms with Crippen molar-refractivity contribution < 1.29 is 69.3 Å². The van der Waals surface area contributed by atoms with Crippen LogP contribution >= 0.6 is 11.6 Å². The molecule has 0 N–H and O–H groups in total. The summed E-state index contributed by atoms with van der Waals surface area (Å²) in [5.41, 5.74) is -0.812. The minimum atomic E-state index is -4.93. The molecule has 0 heterocycles. The summed E-state index contributed by atoms with van der Waals surface area (Å²) in [6, 6.07) is 3.19. The molecular weight excluding hydrogens is 273 g/mol. The van der Waals surface area contributed by atoms with Gasteiger partial charge in [-0.05, 0) is 6.07 Å². The molecule has 1 aromatic rings. The van der Waals surface area contributed by atoms with E-state index in [9.17, 15) is 23.1 Å². The predicted octanol–water partition coefficient (Wildman–Crippen LogP) is -1.84. The fourth-order valence-corrected chi connectivity index (χ4v) is 2.05. The van der Waals surface area contributed by atoms with Crippen molar-refractivity contribution in [3.63, 3.8) is 0 Å². The summed E-state index contributed by atoms with van der Waals surface area (Å²) in [7, 11) is -4.93. The molecule has 0 radical (unpaired) electrons. The monoisotopic (exact) mass is 275 g/mol. The van der Waals surface area contributed by atoms with Crippen molar-refractivity contribution in [1.29, 1.82) is 0 Å². The van der Waals surface area contributed by atoms with Gasteiger partial charge in [-0.25, -0.2) is 8.42 Å². The fraction of sp³-hybridized carbons (Fsp3) is 0. The third-order valence-corrected chi connectivity index (χ3v) is 2.75. The molecule has 0 amide bonds. The Bertz CT molecular complexity index is 488. The summed E-state index contributed by atoms with van der Waals surface area (Å²) < 4.78 is 31.9. The van der Waals surface area contributed by atoms with Crippen molar-refractivity contribution in [3.05, 3.63) is 33.3 Å². The largest absolute Gasteiger partial charge is 1.00 e. The van der Waals surface area contributed by atoms with E-state index in [0.717, 1.165) is 12.1 Å². The molecule has 0 bridgehead atoms. The maximum atomic E-state index is 10.6. The molecule has 0 saturated heterocycles. The van der Waals surface area contributed by atoms with Crippen molar-refractivity contribution in [2.45, 2.75) is 4.90 Å². The molecule has 0 unspecified atom stereocenters. The van der Waals surface area contributed by atoms with Crippen LogP contribution < -0.4 is 51.4 Å². The number of hydrogen-bond donors (Lipinski definition) is 0. The van der Waals surface area contributed by atoms with Crippen molar-refractivity contribution >= 4 is 27.4 Å². The first kappa shape index (κ1) is 15.5. The van der Waals surface area contributed by atoms with Crippen LogP contribution in [0.2, 0.25) is 5.02 Å². The molecule has 0 aromatic heterocycles. The average Bonchev–Trinajstić information content (AvgIpc) is 2.01. The van der Waals surface area contributed by atoms with Crippen molar-refractivity contribution in [1.82, 2.24) is 0 Å². The van der Waals surface area contributed by atoms with Crippen LogP contribution in [0.25, 0.3) is 0 Å². The van der Waals surface area contributed by atoms with Crippen LogP contribution in [-0.4, -0.2) is 17.9 Å². The van der Waals surface area contributed by atoms with Gasteiger partial charge < -0.3 is 4.55 Å². The number of nitro groups is 1. The van der Waals surface area contributed by atoms with Gasteiger partial charge in [-0.2, -0.15) is 0 Å². The second-order valence-electron chi connectivity index (χ2n) is 2.30. The molecule has 0 aliphatic heterocycles. The van der Waals surface area contributed by atoms with Gasteiger partial charge in [-0.15, -0.1) is 0 Å². The summed E-state index contributed by atoms with van der Waals surface area (Å²) in [5, 5.41) is 9.91. The number of nitrogens with zero attached hydrogens (tertiary/aromatic N) is 1. The first-order chi connectivity index (χ1) is 6.34. The average molecular weight is 276 g/mol. The quantitative estimate of drug-likeness (QED) is 0.273. The second kappa shape index (κ2) is 5.69. The Morgan fingerprint density at radius 1 is 1.33 bits per heavy atom. The van der Waals surface area contributed by atoms with Crippen LogP contribution in [0.15, 0.2) is 23.1 Å². The van der Waals surface area contributed by atoms with Gasteiger partial charge in [0.25, 0.3) is 5.69 Å². The van der Waals surface area contributed by atoms with Crippen LogP contribution in [-0.2, 0) is 10.1 Å². The van der Waals surface area contributed by atoms with Gasteiger partial charge in [-0.1, -0.05) is 17.7 Å². The summed E-state index contributed by atoms with van der Waals surface area (Å²) >= 11 is 5.37. The number of nitro benzene ring substituents is 1. The Labute approximate surface area is 133 Å². The van der Waals surface area contributed by atoms with E-state index in [1.807, 2.05) is 0 Å². The van der Waals surface area contributed by atoms with E-state index in [1.54, 1.807) is 0 Å². The summed E-state index contributed by atoms with van der Waals surface area (Å²) in [6.07, 6.45) is 0. The van der Waals surface area contributed by atoms with Crippen molar-refractivity contribution in [2.24, 2.45) is 0 Å². The zero-order chi connectivity index (χ0) is 10.9. The molecule has 9 heteroatoms.